The predicted octanol–water partition coefficient (Wildman–Crippen LogP) is 1.23. The van der Waals surface area contributed by atoms with Crippen molar-refractivity contribution in [3.63, 3.8) is 0 Å². The van der Waals surface area contributed by atoms with Crippen molar-refractivity contribution in [3.05, 3.63) is 55.6 Å². The Hall–Kier alpha value is -1.95. The number of H-pyrrole nitrogens is 2. The van der Waals surface area contributed by atoms with Gasteiger partial charge in [0.15, 0.2) is 0 Å². The molecule has 0 amide bonds. The Morgan fingerprint density at radius 1 is 1.15 bits per heavy atom. The van der Waals surface area contributed by atoms with Crippen LogP contribution in [-0.4, -0.2) is 20.7 Å². The van der Waals surface area contributed by atoms with Crippen LogP contribution >= 0.6 is 0 Å². The van der Waals surface area contributed by atoms with Crippen LogP contribution in [0.15, 0.2) is 27.9 Å². The first kappa shape index (κ1) is 14.5. The van der Waals surface area contributed by atoms with Crippen LogP contribution in [0.1, 0.15) is 16.7 Å². The molecule has 0 fully saturated rings. The van der Waals surface area contributed by atoms with Gasteiger partial charge in [0.2, 0.25) is 0 Å². The van der Waals surface area contributed by atoms with E-state index < -0.39 is 21.8 Å². The van der Waals surface area contributed by atoms with Gasteiger partial charge in [-0.1, -0.05) is 17.7 Å². The Bertz CT molecular complexity index is 790. The molecule has 2 aromatic rings. The minimum atomic E-state index is -0.963. The van der Waals surface area contributed by atoms with Gasteiger partial charge in [-0.25, -0.2) is 0 Å². The van der Waals surface area contributed by atoms with Crippen LogP contribution in [0, 0.1) is 13.8 Å². The minimum absolute atomic E-state index is 0.332. The van der Waals surface area contributed by atoms with E-state index in [1.807, 2.05) is 26.0 Å². The van der Waals surface area contributed by atoms with Crippen molar-refractivity contribution in [3.8, 4) is 11.1 Å². The van der Waals surface area contributed by atoms with Crippen molar-refractivity contribution >= 4 is 10.8 Å². The van der Waals surface area contributed by atoms with Crippen molar-refractivity contribution < 1.29 is 4.21 Å². The van der Waals surface area contributed by atoms with Crippen molar-refractivity contribution in [1.29, 1.82) is 0 Å². The zero-order chi connectivity index (χ0) is 14.9. The fourth-order valence-electron chi connectivity index (χ4n) is 2.20. The summed E-state index contributed by atoms with van der Waals surface area (Å²) in [6, 6.07) is 3.82. The zero-order valence-electron chi connectivity index (χ0n) is 11.6. The third kappa shape index (κ3) is 2.80. The van der Waals surface area contributed by atoms with Crippen molar-refractivity contribution in [2.45, 2.75) is 19.6 Å². The standard InChI is InChI=1S/C14H16N2O3S/c1-8-4-10(7-20(3)19)9(2)11(5-8)12-6-15-16-14(18)13(12)17/h4-6H,7H2,1-3H3,(H,15,17)(H,16,18)/t20-/m0/s1. The highest BCUT2D eigenvalue weighted by atomic mass is 32.2. The quantitative estimate of drug-likeness (QED) is 0.835. The Balaban J connectivity index is 2.71. The first-order chi connectivity index (χ1) is 9.40. The van der Waals surface area contributed by atoms with Gasteiger partial charge in [-0.3, -0.25) is 18.9 Å². The molecule has 0 bridgehead atoms. The number of nitrogens with one attached hydrogen (secondary N) is 2. The van der Waals surface area contributed by atoms with Crippen LogP contribution < -0.4 is 11.0 Å². The lowest BCUT2D eigenvalue weighted by Crippen LogP contribution is -2.28. The largest absolute Gasteiger partial charge is 0.310 e. The van der Waals surface area contributed by atoms with Crippen molar-refractivity contribution in [1.82, 2.24) is 10.2 Å². The van der Waals surface area contributed by atoms with Gasteiger partial charge < -0.3 is 5.10 Å². The second-order valence-electron chi connectivity index (χ2n) is 4.80. The Labute approximate surface area is 118 Å². The average molecular weight is 292 g/mol. The summed E-state index contributed by atoms with van der Waals surface area (Å²) in [6.45, 7) is 3.78. The van der Waals surface area contributed by atoms with Gasteiger partial charge in [-0.05, 0) is 30.5 Å². The van der Waals surface area contributed by atoms with Gasteiger partial charge >= 0.3 is 5.56 Å². The van der Waals surface area contributed by atoms with Gasteiger partial charge in [-0.15, -0.1) is 0 Å². The molecule has 1 atom stereocenters. The fourth-order valence-corrected chi connectivity index (χ4v) is 2.94. The molecular formula is C14H16N2O3S. The van der Waals surface area contributed by atoms with Crippen LogP contribution in [0.25, 0.3) is 11.1 Å². The predicted molar refractivity (Wildman–Crippen MR) is 80.4 cm³/mol. The van der Waals surface area contributed by atoms with Crippen LogP contribution in [0.2, 0.25) is 0 Å². The first-order valence-corrected chi connectivity index (χ1v) is 7.83. The summed E-state index contributed by atoms with van der Waals surface area (Å²) >= 11 is 0. The molecule has 0 aliphatic carbocycles. The number of aryl methyl sites for hydroxylation is 1. The normalized spacial score (nSPS) is 12.3. The van der Waals surface area contributed by atoms with E-state index in [1.165, 1.54) is 6.20 Å². The SMILES string of the molecule is Cc1cc(C[S@](C)=O)c(C)c(-c2c[nH][nH]c(=O)c2=O)c1. The molecule has 2 N–H and O–H groups in total. The summed E-state index contributed by atoms with van der Waals surface area (Å²) < 4.78 is 11.4. The van der Waals surface area contributed by atoms with E-state index in [0.29, 0.717) is 16.9 Å². The molecular weight excluding hydrogens is 276 g/mol. The number of aromatic amines is 2. The van der Waals surface area contributed by atoms with E-state index >= 15 is 0 Å². The molecule has 0 spiro atoms. The summed E-state index contributed by atoms with van der Waals surface area (Å²) in [4.78, 5) is 23.4. The maximum atomic E-state index is 11.9. The molecule has 5 nitrogen and oxygen atoms in total. The molecule has 2 rings (SSSR count). The van der Waals surface area contributed by atoms with E-state index in [2.05, 4.69) is 10.2 Å². The van der Waals surface area contributed by atoms with E-state index in [0.717, 1.165) is 16.7 Å². The van der Waals surface area contributed by atoms with Gasteiger partial charge in [-0.2, -0.15) is 0 Å². The molecule has 1 aromatic carbocycles. The molecule has 0 saturated heterocycles. The van der Waals surface area contributed by atoms with Gasteiger partial charge in [0.05, 0.1) is 5.56 Å². The smallest absolute Gasteiger partial charge is 0.305 e. The Kier molecular flexibility index (Phi) is 4.04. The van der Waals surface area contributed by atoms with Crippen LogP contribution in [0.5, 0.6) is 0 Å². The van der Waals surface area contributed by atoms with Crippen LogP contribution in [0.3, 0.4) is 0 Å². The lowest BCUT2D eigenvalue weighted by Gasteiger charge is -2.12. The summed E-state index contributed by atoms with van der Waals surface area (Å²) in [5, 5.41) is 4.83. The molecule has 0 radical (unpaired) electrons. The number of hydrogen-bond acceptors (Lipinski definition) is 3. The maximum Gasteiger partial charge on any atom is 0.310 e. The number of aromatic nitrogens is 2. The molecule has 1 aromatic heterocycles. The Morgan fingerprint density at radius 2 is 1.85 bits per heavy atom. The monoisotopic (exact) mass is 292 g/mol. The molecule has 0 aliphatic rings. The molecule has 106 valence electrons. The summed E-state index contributed by atoms with van der Waals surface area (Å²) in [5.41, 5.74) is 2.56. The second-order valence-corrected chi connectivity index (χ2v) is 6.23. The summed E-state index contributed by atoms with van der Waals surface area (Å²) in [5.74, 6) is 0.432. The van der Waals surface area contributed by atoms with Crippen LogP contribution in [-0.2, 0) is 16.6 Å². The third-order valence-electron chi connectivity index (χ3n) is 3.16. The minimum Gasteiger partial charge on any atom is -0.305 e. The van der Waals surface area contributed by atoms with Crippen molar-refractivity contribution in [2.24, 2.45) is 0 Å². The number of rotatable bonds is 3. The van der Waals surface area contributed by atoms with E-state index in [4.69, 9.17) is 0 Å². The van der Waals surface area contributed by atoms with E-state index in [1.54, 1.807) is 6.26 Å². The molecule has 6 heteroatoms. The zero-order valence-corrected chi connectivity index (χ0v) is 12.4. The lowest BCUT2D eigenvalue weighted by atomic mass is 9.96. The fraction of sp³-hybridized carbons (Fsp3) is 0.286. The molecule has 0 aliphatic heterocycles. The third-order valence-corrected chi connectivity index (χ3v) is 3.88. The molecule has 1 heterocycles. The highest BCUT2D eigenvalue weighted by Gasteiger charge is 2.13. The highest BCUT2D eigenvalue weighted by Crippen LogP contribution is 2.25. The summed E-state index contributed by atoms with van der Waals surface area (Å²) in [7, 11) is -0.963. The van der Waals surface area contributed by atoms with Crippen LogP contribution in [0.4, 0.5) is 0 Å². The highest BCUT2D eigenvalue weighted by molar-refractivity contribution is 7.83. The van der Waals surface area contributed by atoms with E-state index in [9.17, 15) is 13.8 Å². The molecule has 0 saturated carbocycles. The molecule has 20 heavy (non-hydrogen) atoms. The summed E-state index contributed by atoms with van der Waals surface area (Å²) in [6.07, 6.45) is 3.12. The average Bonchev–Trinajstić information content (AvgIpc) is 2.36. The second kappa shape index (κ2) is 5.58. The lowest BCUT2D eigenvalue weighted by molar-refractivity contribution is 0.686. The number of benzene rings is 1. The van der Waals surface area contributed by atoms with Gasteiger partial charge in [0.1, 0.15) is 0 Å². The molecule has 0 unspecified atom stereocenters. The first-order valence-electron chi connectivity index (χ1n) is 6.11. The van der Waals surface area contributed by atoms with Gasteiger partial charge in [0, 0.05) is 29.0 Å². The topological polar surface area (TPSA) is 82.8 Å². The Morgan fingerprint density at radius 3 is 2.50 bits per heavy atom. The maximum absolute atomic E-state index is 11.9. The van der Waals surface area contributed by atoms with E-state index in [-0.39, 0.29) is 0 Å². The van der Waals surface area contributed by atoms with Gasteiger partial charge in [0.25, 0.3) is 5.43 Å². The number of hydrogen-bond donors (Lipinski definition) is 2. The van der Waals surface area contributed by atoms with Crippen molar-refractivity contribution in [2.75, 3.05) is 6.26 Å².